The fraction of sp³-hybridized carbons (Fsp3) is 0.500. The van der Waals surface area contributed by atoms with Crippen LogP contribution in [0.5, 0.6) is 5.75 Å². The van der Waals surface area contributed by atoms with E-state index in [1.54, 1.807) is 19.3 Å². The van der Waals surface area contributed by atoms with Crippen LogP contribution in [0.4, 0.5) is 5.69 Å². The second-order valence-corrected chi connectivity index (χ2v) is 13.6. The van der Waals surface area contributed by atoms with Gasteiger partial charge in [-0.2, -0.15) is 0 Å². The minimum Gasteiger partial charge on any atom is -0.497 e. The molecule has 0 bridgehead atoms. The second-order valence-electron chi connectivity index (χ2n) is 13.2. The number of unbranched alkanes of at least 4 members (excludes halogenated alkanes) is 3. The summed E-state index contributed by atoms with van der Waals surface area (Å²) in [7, 11) is 5.55. The highest BCUT2D eigenvalue weighted by Gasteiger charge is 2.32. The van der Waals surface area contributed by atoms with Gasteiger partial charge in [0.05, 0.1) is 26.9 Å². The zero-order chi connectivity index (χ0) is 37.1. The van der Waals surface area contributed by atoms with Crippen LogP contribution in [0.15, 0.2) is 65.3 Å². The lowest BCUT2D eigenvalue weighted by atomic mass is 9.85. The highest BCUT2D eigenvalue weighted by molar-refractivity contribution is 6.19. The summed E-state index contributed by atoms with van der Waals surface area (Å²) < 4.78 is 16.4. The Hall–Kier alpha value is -4.19. The van der Waals surface area contributed by atoms with Gasteiger partial charge in [-0.1, -0.05) is 43.2 Å². The Morgan fingerprint density at radius 1 is 0.885 bits per heavy atom. The van der Waals surface area contributed by atoms with E-state index in [-0.39, 0.29) is 41.9 Å². The number of ether oxygens (including phenoxy) is 3. The molecule has 4 rings (SSSR count). The number of carbonyl (C=O) groups excluding carboxylic acids is 3. The zero-order valence-corrected chi connectivity index (χ0v) is 31.5. The highest BCUT2D eigenvalue weighted by atomic mass is 35.5. The Labute approximate surface area is 313 Å². The number of alkyl halides is 1. The van der Waals surface area contributed by atoms with Crippen LogP contribution in [0.25, 0.3) is 12.2 Å². The quantitative estimate of drug-likeness (QED) is 0.0962. The van der Waals surface area contributed by atoms with Crippen LogP contribution in [-0.4, -0.2) is 101 Å². The summed E-state index contributed by atoms with van der Waals surface area (Å²) in [5, 5.41) is 6.06. The van der Waals surface area contributed by atoms with Crippen molar-refractivity contribution in [3.05, 3.63) is 71.4 Å². The van der Waals surface area contributed by atoms with E-state index in [9.17, 15) is 14.4 Å². The number of amides is 3. The van der Waals surface area contributed by atoms with Gasteiger partial charge in [0.2, 0.25) is 11.8 Å². The van der Waals surface area contributed by atoms with Crippen LogP contribution in [0.3, 0.4) is 0 Å². The first-order chi connectivity index (χ1) is 25.3. The number of anilines is 1. The third kappa shape index (κ3) is 13.4. The normalized spacial score (nSPS) is 18.2. The Morgan fingerprint density at radius 2 is 1.56 bits per heavy atom. The number of halogens is 1. The van der Waals surface area contributed by atoms with Gasteiger partial charge in [0.15, 0.2) is 0 Å². The molecule has 0 radical (unpaired) electrons. The zero-order valence-electron chi connectivity index (χ0n) is 30.8. The van der Waals surface area contributed by atoms with Gasteiger partial charge in [-0.05, 0) is 86.1 Å². The van der Waals surface area contributed by atoms with Crippen LogP contribution in [-0.2, 0) is 23.9 Å². The number of rotatable bonds is 21. The van der Waals surface area contributed by atoms with E-state index in [1.807, 2.05) is 73.6 Å². The van der Waals surface area contributed by atoms with Gasteiger partial charge in [-0.15, -0.1) is 11.6 Å². The van der Waals surface area contributed by atoms with Crippen LogP contribution in [0, 0.1) is 5.92 Å². The Morgan fingerprint density at radius 3 is 2.23 bits per heavy atom. The fourth-order valence-electron chi connectivity index (χ4n) is 6.04. The molecule has 0 saturated heterocycles. The molecule has 0 aromatic heterocycles. The van der Waals surface area contributed by atoms with E-state index in [2.05, 4.69) is 15.6 Å². The van der Waals surface area contributed by atoms with Crippen molar-refractivity contribution in [2.45, 2.75) is 57.4 Å². The van der Waals surface area contributed by atoms with E-state index < -0.39 is 0 Å². The van der Waals surface area contributed by atoms with Crippen molar-refractivity contribution in [1.82, 2.24) is 15.5 Å². The Bertz CT molecular complexity index is 1520. The summed E-state index contributed by atoms with van der Waals surface area (Å²) >= 11 is 5.69. The summed E-state index contributed by atoms with van der Waals surface area (Å²) in [6.45, 7) is 2.49. The first-order valence-corrected chi connectivity index (χ1v) is 18.8. The first kappa shape index (κ1) is 40.6. The molecule has 2 N–H and O–H groups in total. The number of nitrogens with one attached hydrogen (secondary N) is 2. The van der Waals surface area contributed by atoms with Crippen molar-refractivity contribution in [1.29, 1.82) is 0 Å². The molecular weight excluding hydrogens is 682 g/mol. The molecule has 2 aliphatic rings. The maximum Gasteiger partial charge on any atom is 0.278 e. The Balaban J connectivity index is 1.23. The molecule has 1 saturated carbocycles. The average Bonchev–Trinajstić information content (AvgIpc) is 3.44. The summed E-state index contributed by atoms with van der Waals surface area (Å²) in [6.07, 6.45) is 12.4. The highest BCUT2D eigenvalue weighted by Crippen LogP contribution is 2.25. The lowest BCUT2D eigenvalue weighted by molar-refractivity contribution is -0.129. The maximum absolute atomic E-state index is 13.6. The van der Waals surface area contributed by atoms with Crippen molar-refractivity contribution in [2.75, 3.05) is 71.5 Å². The first-order valence-electron chi connectivity index (χ1n) is 18.3. The molecule has 2 aromatic carbocycles. The van der Waals surface area contributed by atoms with Gasteiger partial charge in [0.25, 0.3) is 5.91 Å². The van der Waals surface area contributed by atoms with Crippen LogP contribution in [0.2, 0.25) is 0 Å². The molecule has 1 aliphatic heterocycles. The molecule has 282 valence electrons. The standard InChI is InChI=1S/C40H54ClN5O6/c1-45(2)34-17-8-31(9-18-34)28-36-40(49)46(37(44-36)21-12-30-10-19-35(50-3)20-11-30)29-38(47)43-33-15-13-32(14-16-33)39(48)42-23-25-52-27-26-51-24-7-5-4-6-22-41/h8-12,17-21,28,32-33H,4-7,13-16,22-27,29H2,1-3H3,(H,42,48)(H,43,47)/b21-12+,36-28+. The predicted molar refractivity (Wildman–Crippen MR) is 208 cm³/mol. The number of aliphatic imine (C=N–C) groups is 1. The van der Waals surface area contributed by atoms with Crippen molar-refractivity contribution in [3.63, 3.8) is 0 Å². The number of amidine groups is 1. The van der Waals surface area contributed by atoms with Crippen molar-refractivity contribution in [2.24, 2.45) is 10.9 Å². The molecule has 2 aromatic rings. The molecule has 0 atom stereocenters. The average molecular weight is 736 g/mol. The monoisotopic (exact) mass is 735 g/mol. The van der Waals surface area contributed by atoms with Crippen molar-refractivity contribution >= 4 is 53.0 Å². The molecular formula is C40H54ClN5O6. The molecule has 0 spiro atoms. The van der Waals surface area contributed by atoms with Crippen molar-refractivity contribution in [3.8, 4) is 5.75 Å². The number of carbonyl (C=O) groups is 3. The molecule has 1 fully saturated rings. The summed E-state index contributed by atoms with van der Waals surface area (Å²) in [6, 6.07) is 15.3. The minimum atomic E-state index is -0.341. The Kier molecular flexibility index (Phi) is 17.2. The number of hydrogen-bond acceptors (Lipinski definition) is 8. The van der Waals surface area contributed by atoms with E-state index in [0.717, 1.165) is 54.9 Å². The number of methoxy groups -OCH3 is 1. The topological polar surface area (TPSA) is 122 Å². The van der Waals surface area contributed by atoms with Gasteiger partial charge in [0.1, 0.15) is 23.8 Å². The van der Waals surface area contributed by atoms with Crippen LogP contribution < -0.4 is 20.3 Å². The smallest absolute Gasteiger partial charge is 0.278 e. The second kappa shape index (κ2) is 22.0. The molecule has 0 unspecified atom stereocenters. The maximum atomic E-state index is 13.6. The minimum absolute atomic E-state index is 0.0180. The molecule has 1 aliphatic carbocycles. The van der Waals surface area contributed by atoms with Gasteiger partial charge in [-0.25, -0.2) is 4.99 Å². The van der Waals surface area contributed by atoms with Crippen LogP contribution >= 0.6 is 11.6 Å². The van der Waals surface area contributed by atoms with Crippen LogP contribution in [0.1, 0.15) is 62.5 Å². The number of nitrogens with zero attached hydrogens (tertiary/aromatic N) is 3. The lowest BCUT2D eigenvalue weighted by Crippen LogP contribution is -2.46. The largest absolute Gasteiger partial charge is 0.497 e. The van der Waals surface area contributed by atoms with Gasteiger partial charge >= 0.3 is 0 Å². The van der Waals surface area contributed by atoms with E-state index in [0.29, 0.717) is 63.8 Å². The molecule has 52 heavy (non-hydrogen) atoms. The fourth-order valence-corrected chi connectivity index (χ4v) is 6.23. The SMILES string of the molecule is COc1ccc(/C=C/C2=NC(=C/c3ccc(N(C)C)cc3)/C(=O)N2CC(=O)NC2CCC(C(=O)NCCOCCOCCCCCCCl)CC2)cc1. The molecule has 3 amide bonds. The molecule has 12 heteroatoms. The third-order valence-corrected chi connectivity index (χ3v) is 9.35. The molecule has 11 nitrogen and oxygen atoms in total. The van der Waals surface area contributed by atoms with E-state index in [1.165, 1.54) is 4.90 Å². The summed E-state index contributed by atoms with van der Waals surface area (Å²) in [4.78, 5) is 47.7. The summed E-state index contributed by atoms with van der Waals surface area (Å²) in [5.74, 6) is 1.15. The van der Waals surface area contributed by atoms with Gasteiger partial charge in [0, 0.05) is 50.8 Å². The summed E-state index contributed by atoms with van der Waals surface area (Å²) in [5.41, 5.74) is 3.04. The van der Waals surface area contributed by atoms with E-state index in [4.69, 9.17) is 25.8 Å². The van der Waals surface area contributed by atoms with Gasteiger partial charge < -0.3 is 29.7 Å². The van der Waals surface area contributed by atoms with Crippen molar-refractivity contribution < 1.29 is 28.6 Å². The third-order valence-electron chi connectivity index (χ3n) is 9.08. The number of benzene rings is 2. The number of hydrogen-bond donors (Lipinski definition) is 2. The van der Waals surface area contributed by atoms with Gasteiger partial charge in [-0.3, -0.25) is 19.3 Å². The van der Waals surface area contributed by atoms with E-state index >= 15 is 0 Å². The molecule has 1 heterocycles. The predicted octanol–water partition coefficient (Wildman–Crippen LogP) is 5.68. The lowest BCUT2D eigenvalue weighted by Gasteiger charge is -2.29.